The van der Waals surface area contributed by atoms with Gasteiger partial charge in [0.25, 0.3) is 6.29 Å². The molecule has 260 valence electrons. The van der Waals surface area contributed by atoms with Crippen LogP contribution in [-0.2, 0) is 33.3 Å². The van der Waals surface area contributed by atoms with Gasteiger partial charge in [-0.25, -0.2) is 4.79 Å². The Bertz CT molecular complexity index is 846. The number of nitrogens with zero attached hydrogens (tertiary/aromatic N) is 1. The molecular weight excluding hydrogens is 574 g/mol. The van der Waals surface area contributed by atoms with E-state index in [1.54, 1.807) is 0 Å². The number of allylic oxidation sites excluding steroid dienone is 6. The van der Waals surface area contributed by atoms with Crippen molar-refractivity contribution in [2.24, 2.45) is 0 Å². The second-order valence-electron chi connectivity index (χ2n) is 12.4. The average Bonchev–Trinajstić information content (AvgIpc) is 2.98. The van der Waals surface area contributed by atoms with E-state index in [2.05, 4.69) is 50.3 Å². The summed E-state index contributed by atoms with van der Waals surface area (Å²) in [5, 5.41) is 9.53. The maximum Gasteiger partial charge on any atom is 0.361 e. The molecule has 9 heteroatoms. The fourth-order valence-corrected chi connectivity index (χ4v) is 4.20. The number of ether oxygens (including phenoxy) is 4. The molecule has 1 N–H and O–H groups in total. The molecule has 0 aliphatic rings. The lowest BCUT2D eigenvalue weighted by molar-refractivity contribution is -0.870. The van der Waals surface area contributed by atoms with Gasteiger partial charge in [0.05, 0.1) is 34.4 Å². The van der Waals surface area contributed by atoms with Crippen molar-refractivity contribution in [3.63, 3.8) is 0 Å². The first-order valence-electron chi connectivity index (χ1n) is 17.2. The molecule has 0 amide bonds. The van der Waals surface area contributed by atoms with E-state index in [-0.39, 0.29) is 32.2 Å². The summed E-state index contributed by atoms with van der Waals surface area (Å²) in [5.74, 6) is -2.07. The molecule has 0 bridgehead atoms. The number of carboxylic acids is 1. The van der Waals surface area contributed by atoms with Crippen LogP contribution in [0.25, 0.3) is 0 Å². The van der Waals surface area contributed by atoms with Gasteiger partial charge >= 0.3 is 17.9 Å². The first-order valence-corrected chi connectivity index (χ1v) is 17.2. The summed E-state index contributed by atoms with van der Waals surface area (Å²) in [6.07, 6.45) is 25.1. The van der Waals surface area contributed by atoms with Crippen molar-refractivity contribution in [2.75, 3.05) is 47.5 Å². The standard InChI is InChI=1S/C36H63NO8/c1-6-8-10-12-14-15-16-17-18-19-21-23-25-27-34(39)45-32(30-43-33(38)26-24-22-20-13-11-9-7-2)31-44-36(35(40)41)42-29-28-37(3,4)5/h8,10,14-15,17-18,32,36H,6-7,9,11-13,16,19-31H2,1-5H3/p+1/b10-8-,15-14-,18-17-. The summed E-state index contributed by atoms with van der Waals surface area (Å²) in [6.45, 7) is 4.63. The minimum Gasteiger partial charge on any atom is -0.477 e. The van der Waals surface area contributed by atoms with Gasteiger partial charge in [-0.2, -0.15) is 0 Å². The molecule has 0 saturated carbocycles. The van der Waals surface area contributed by atoms with Gasteiger partial charge < -0.3 is 28.5 Å². The van der Waals surface area contributed by atoms with Crippen molar-refractivity contribution >= 4 is 17.9 Å². The molecule has 0 aliphatic carbocycles. The Morgan fingerprint density at radius 1 is 0.689 bits per heavy atom. The zero-order valence-electron chi connectivity index (χ0n) is 29.0. The maximum absolute atomic E-state index is 12.6. The van der Waals surface area contributed by atoms with Gasteiger partial charge in [-0.3, -0.25) is 9.59 Å². The van der Waals surface area contributed by atoms with E-state index >= 15 is 0 Å². The molecule has 0 aliphatic heterocycles. The molecule has 9 nitrogen and oxygen atoms in total. The van der Waals surface area contributed by atoms with Gasteiger partial charge in [-0.15, -0.1) is 0 Å². The largest absolute Gasteiger partial charge is 0.477 e. The van der Waals surface area contributed by atoms with Crippen LogP contribution in [0.15, 0.2) is 36.5 Å². The van der Waals surface area contributed by atoms with E-state index in [1.165, 1.54) is 25.7 Å². The van der Waals surface area contributed by atoms with Crippen molar-refractivity contribution in [1.82, 2.24) is 0 Å². The van der Waals surface area contributed by atoms with Gasteiger partial charge in [-0.1, -0.05) is 95.2 Å². The Morgan fingerprint density at radius 2 is 1.27 bits per heavy atom. The molecule has 0 aromatic rings. The van der Waals surface area contributed by atoms with Gasteiger partial charge in [0, 0.05) is 12.8 Å². The molecular formula is C36H64NO8+. The lowest BCUT2D eigenvalue weighted by Gasteiger charge is -2.25. The van der Waals surface area contributed by atoms with Crippen LogP contribution < -0.4 is 0 Å². The molecule has 2 unspecified atom stereocenters. The van der Waals surface area contributed by atoms with Gasteiger partial charge in [-0.05, 0) is 44.9 Å². The quantitative estimate of drug-likeness (QED) is 0.0283. The Balaban J connectivity index is 4.65. The van der Waals surface area contributed by atoms with Crippen LogP contribution in [0.3, 0.4) is 0 Å². The first kappa shape index (κ1) is 42.5. The van der Waals surface area contributed by atoms with Gasteiger partial charge in [0.2, 0.25) is 0 Å². The molecule has 0 rings (SSSR count). The first-order chi connectivity index (χ1) is 21.6. The number of carbonyl (C=O) groups excluding carboxylic acids is 2. The normalized spacial score (nSPS) is 13.5. The van der Waals surface area contributed by atoms with Crippen molar-refractivity contribution in [3.8, 4) is 0 Å². The topological polar surface area (TPSA) is 108 Å². The van der Waals surface area contributed by atoms with E-state index < -0.39 is 24.3 Å². The van der Waals surface area contributed by atoms with E-state index in [0.717, 1.165) is 57.8 Å². The molecule has 0 fully saturated rings. The van der Waals surface area contributed by atoms with Crippen LogP contribution in [0.4, 0.5) is 0 Å². The fourth-order valence-electron chi connectivity index (χ4n) is 4.20. The number of hydrogen-bond donors (Lipinski definition) is 1. The van der Waals surface area contributed by atoms with Crippen molar-refractivity contribution in [2.45, 2.75) is 129 Å². The van der Waals surface area contributed by atoms with Crippen LogP contribution in [0.1, 0.15) is 117 Å². The number of rotatable bonds is 30. The molecule has 0 heterocycles. The number of unbranched alkanes of at least 4 members (excludes halogenated alkanes) is 9. The third-order valence-corrected chi connectivity index (χ3v) is 6.91. The molecule has 45 heavy (non-hydrogen) atoms. The van der Waals surface area contributed by atoms with Crippen LogP contribution in [0.5, 0.6) is 0 Å². The summed E-state index contributed by atoms with van der Waals surface area (Å²) < 4.78 is 22.4. The minimum atomic E-state index is -1.51. The minimum absolute atomic E-state index is 0.181. The monoisotopic (exact) mass is 638 g/mol. The highest BCUT2D eigenvalue weighted by molar-refractivity contribution is 5.71. The Hall–Kier alpha value is -2.49. The summed E-state index contributed by atoms with van der Waals surface area (Å²) >= 11 is 0. The van der Waals surface area contributed by atoms with E-state index in [4.69, 9.17) is 18.9 Å². The zero-order chi connectivity index (χ0) is 33.6. The van der Waals surface area contributed by atoms with Crippen molar-refractivity contribution in [3.05, 3.63) is 36.5 Å². The number of likely N-dealkylation sites (N-methyl/N-ethyl adjacent to an activating group) is 1. The molecule has 0 saturated heterocycles. The molecule has 0 aromatic heterocycles. The maximum atomic E-state index is 12.6. The van der Waals surface area contributed by atoms with E-state index in [0.29, 0.717) is 23.9 Å². The van der Waals surface area contributed by atoms with E-state index in [1.807, 2.05) is 21.1 Å². The SMILES string of the molecule is CC/C=C\C/C=C\C/C=C\CCCCCC(=O)OC(COC(=O)CCCCCCCCC)COC(OCC[N+](C)(C)C)C(=O)O. The van der Waals surface area contributed by atoms with Crippen molar-refractivity contribution in [1.29, 1.82) is 0 Å². The van der Waals surface area contributed by atoms with Crippen LogP contribution in [0, 0.1) is 0 Å². The lowest BCUT2D eigenvalue weighted by atomic mass is 10.1. The number of esters is 2. The second-order valence-corrected chi connectivity index (χ2v) is 12.4. The fraction of sp³-hybridized carbons (Fsp3) is 0.750. The average molecular weight is 639 g/mol. The predicted molar refractivity (Wildman–Crippen MR) is 180 cm³/mol. The highest BCUT2D eigenvalue weighted by Gasteiger charge is 2.25. The molecule has 0 radical (unpaired) electrons. The highest BCUT2D eigenvalue weighted by atomic mass is 16.7. The number of carbonyl (C=O) groups is 3. The third kappa shape index (κ3) is 30.0. The molecule has 0 aromatic carbocycles. The number of quaternary nitrogens is 1. The predicted octanol–water partition coefficient (Wildman–Crippen LogP) is 7.54. The Kier molecular flexibility index (Phi) is 27.3. The summed E-state index contributed by atoms with van der Waals surface area (Å²) in [6, 6.07) is 0. The number of carboxylic acid groups (broad SMARTS) is 1. The molecule has 0 spiro atoms. The Labute approximate surface area is 273 Å². The molecule has 2 atom stereocenters. The second kappa shape index (κ2) is 28.9. The zero-order valence-corrected chi connectivity index (χ0v) is 29.0. The number of aliphatic carboxylic acids is 1. The summed E-state index contributed by atoms with van der Waals surface area (Å²) in [7, 11) is 5.92. The lowest BCUT2D eigenvalue weighted by Crippen LogP contribution is -2.40. The van der Waals surface area contributed by atoms with Gasteiger partial charge in [0.15, 0.2) is 6.10 Å². The highest BCUT2D eigenvalue weighted by Crippen LogP contribution is 2.11. The van der Waals surface area contributed by atoms with Gasteiger partial charge in [0.1, 0.15) is 13.2 Å². The van der Waals surface area contributed by atoms with Crippen LogP contribution in [0.2, 0.25) is 0 Å². The summed E-state index contributed by atoms with van der Waals surface area (Å²) in [4.78, 5) is 36.6. The van der Waals surface area contributed by atoms with Crippen LogP contribution >= 0.6 is 0 Å². The van der Waals surface area contributed by atoms with Crippen molar-refractivity contribution < 1.29 is 42.9 Å². The Morgan fingerprint density at radius 3 is 1.89 bits per heavy atom. The smallest absolute Gasteiger partial charge is 0.361 e. The van der Waals surface area contributed by atoms with Crippen LogP contribution in [-0.4, -0.2) is 87.4 Å². The number of hydrogen-bond acceptors (Lipinski definition) is 7. The summed E-state index contributed by atoms with van der Waals surface area (Å²) in [5.41, 5.74) is 0. The third-order valence-electron chi connectivity index (χ3n) is 6.91. The van der Waals surface area contributed by atoms with E-state index in [9.17, 15) is 19.5 Å².